The number of anilines is 1. The molecular weight excluding hydrogens is 469 g/mol. The van der Waals surface area contributed by atoms with E-state index in [1.165, 1.54) is 18.2 Å². The van der Waals surface area contributed by atoms with Crippen molar-refractivity contribution in [3.8, 4) is 5.75 Å². The molecule has 5 nitrogen and oxygen atoms in total. The molecule has 36 heavy (non-hydrogen) atoms. The normalized spacial score (nSPS) is 16.8. The third-order valence-corrected chi connectivity index (χ3v) is 7.06. The Labute approximate surface area is 207 Å². The van der Waals surface area contributed by atoms with Crippen LogP contribution >= 0.6 is 0 Å². The Morgan fingerprint density at radius 3 is 2.25 bits per heavy atom. The molecule has 0 radical (unpaired) electrons. The molecule has 3 aromatic carbocycles. The van der Waals surface area contributed by atoms with Gasteiger partial charge in [-0.1, -0.05) is 60.7 Å². The van der Waals surface area contributed by atoms with Crippen LogP contribution < -0.4 is 9.64 Å². The molecule has 1 fully saturated rings. The number of piperidine rings is 1. The van der Waals surface area contributed by atoms with Crippen LogP contribution in [0.15, 0.2) is 78.9 Å². The summed E-state index contributed by atoms with van der Waals surface area (Å²) in [5.41, 5.74) is 1.25. The highest BCUT2D eigenvalue weighted by Gasteiger charge is 2.52. The van der Waals surface area contributed by atoms with Gasteiger partial charge in [0.25, 0.3) is 5.91 Å². The van der Waals surface area contributed by atoms with Crippen LogP contribution in [0.5, 0.6) is 5.75 Å². The lowest BCUT2D eigenvalue weighted by Crippen LogP contribution is -2.50. The number of hydrogen-bond donors (Lipinski definition) is 0. The summed E-state index contributed by atoms with van der Waals surface area (Å²) < 4.78 is 44.9. The van der Waals surface area contributed by atoms with Crippen LogP contribution in [0, 0.1) is 0 Å². The lowest BCUT2D eigenvalue weighted by Gasteiger charge is -2.38. The highest BCUT2D eigenvalue weighted by Crippen LogP contribution is 2.48. The maximum absolute atomic E-state index is 13.8. The van der Waals surface area contributed by atoms with E-state index in [9.17, 15) is 22.8 Å². The number of fused-ring (bicyclic) bond motifs is 2. The molecule has 0 unspecified atom stereocenters. The molecule has 2 aliphatic rings. The highest BCUT2D eigenvalue weighted by molar-refractivity contribution is 6.08. The van der Waals surface area contributed by atoms with Crippen LogP contribution in [-0.4, -0.2) is 36.4 Å². The molecule has 0 bridgehead atoms. The summed E-state index contributed by atoms with van der Waals surface area (Å²) in [7, 11) is 0. The Bertz CT molecular complexity index is 1270. The van der Waals surface area contributed by atoms with Gasteiger partial charge in [-0.2, -0.15) is 13.2 Å². The van der Waals surface area contributed by atoms with Crippen LogP contribution in [0.1, 0.15) is 29.5 Å². The fraction of sp³-hybridized carbons (Fsp3) is 0.286. The van der Waals surface area contributed by atoms with Crippen LogP contribution in [0.25, 0.3) is 0 Å². The van der Waals surface area contributed by atoms with E-state index in [0.29, 0.717) is 32.5 Å². The average Bonchev–Trinajstić information content (AvgIpc) is 3.11. The highest BCUT2D eigenvalue weighted by atomic mass is 19.4. The number of para-hydroxylation sites is 2. The smallest absolute Gasteiger partial charge is 0.419 e. The van der Waals surface area contributed by atoms with Gasteiger partial charge in [-0.15, -0.1) is 0 Å². The van der Waals surface area contributed by atoms with Crippen molar-refractivity contribution in [3.05, 3.63) is 95.6 Å². The van der Waals surface area contributed by atoms with Crippen molar-refractivity contribution >= 4 is 17.5 Å². The topological polar surface area (TPSA) is 49.9 Å². The minimum Gasteiger partial charge on any atom is -0.483 e. The number of carbonyl (C=O) groups excluding carboxylic acids is 2. The Morgan fingerprint density at radius 1 is 0.889 bits per heavy atom. The van der Waals surface area contributed by atoms with Crippen molar-refractivity contribution in [1.29, 1.82) is 0 Å². The van der Waals surface area contributed by atoms with Gasteiger partial charge in [0.15, 0.2) is 6.61 Å². The van der Waals surface area contributed by atoms with E-state index in [1.807, 2.05) is 59.5 Å². The molecule has 0 N–H and O–H groups in total. The number of ether oxygens (including phenoxy) is 1. The standard InChI is InChI=1S/C28H25F3N2O3/c29-28(30,31)22-11-5-7-13-24(22)36-19-25(34)32-16-14-27(15-17-32)21-10-4-6-12-23(21)33(26(27)35)18-20-8-2-1-3-9-20/h1-13H,14-19H2. The molecule has 3 aromatic rings. The number of likely N-dealkylation sites (tertiary alicyclic amines) is 1. The molecule has 0 aromatic heterocycles. The first-order valence-corrected chi connectivity index (χ1v) is 11.8. The SMILES string of the molecule is O=C(COc1ccccc1C(F)(F)F)N1CCC2(CC1)C(=O)N(Cc1ccccc1)c1ccccc12. The van der Waals surface area contributed by atoms with Gasteiger partial charge in [-0.25, -0.2) is 0 Å². The number of benzene rings is 3. The number of rotatable bonds is 5. The number of carbonyl (C=O) groups is 2. The summed E-state index contributed by atoms with van der Waals surface area (Å²) in [6.45, 7) is 0.614. The molecule has 186 valence electrons. The zero-order valence-corrected chi connectivity index (χ0v) is 19.5. The molecule has 1 spiro atoms. The summed E-state index contributed by atoms with van der Waals surface area (Å²) in [5, 5.41) is 0. The molecule has 0 aliphatic carbocycles. The molecule has 2 heterocycles. The van der Waals surface area contributed by atoms with Crippen LogP contribution in [0.2, 0.25) is 0 Å². The van der Waals surface area contributed by atoms with E-state index in [0.717, 1.165) is 22.9 Å². The number of nitrogens with zero attached hydrogens (tertiary/aromatic N) is 2. The maximum atomic E-state index is 13.8. The van der Waals surface area contributed by atoms with Gasteiger partial charge in [0.2, 0.25) is 5.91 Å². The van der Waals surface area contributed by atoms with E-state index >= 15 is 0 Å². The Kier molecular flexibility index (Phi) is 6.20. The van der Waals surface area contributed by atoms with Crippen LogP contribution in [0.4, 0.5) is 18.9 Å². The van der Waals surface area contributed by atoms with Crippen molar-refractivity contribution in [2.45, 2.75) is 31.0 Å². The largest absolute Gasteiger partial charge is 0.483 e. The Balaban J connectivity index is 1.28. The van der Waals surface area contributed by atoms with E-state index < -0.39 is 29.7 Å². The van der Waals surface area contributed by atoms with E-state index in [1.54, 1.807) is 4.90 Å². The molecule has 8 heteroatoms. The van der Waals surface area contributed by atoms with Crippen molar-refractivity contribution in [2.24, 2.45) is 0 Å². The quantitative estimate of drug-likeness (QED) is 0.491. The monoisotopic (exact) mass is 494 g/mol. The molecule has 0 saturated carbocycles. The van der Waals surface area contributed by atoms with Crippen molar-refractivity contribution in [2.75, 3.05) is 24.6 Å². The maximum Gasteiger partial charge on any atom is 0.419 e. The molecule has 2 amide bonds. The zero-order chi connectivity index (χ0) is 25.3. The van der Waals surface area contributed by atoms with Crippen LogP contribution in [-0.2, 0) is 27.7 Å². The molecule has 2 aliphatic heterocycles. The fourth-order valence-corrected chi connectivity index (χ4v) is 5.20. The first-order chi connectivity index (χ1) is 17.3. The minimum absolute atomic E-state index is 0.0232. The molecule has 0 atom stereocenters. The van der Waals surface area contributed by atoms with Gasteiger partial charge in [0.1, 0.15) is 5.75 Å². The first-order valence-electron chi connectivity index (χ1n) is 11.8. The zero-order valence-electron chi connectivity index (χ0n) is 19.5. The predicted octanol–water partition coefficient (Wildman–Crippen LogP) is 5.19. The lowest BCUT2D eigenvalue weighted by atomic mass is 9.73. The summed E-state index contributed by atoms with van der Waals surface area (Å²) in [6, 6.07) is 22.4. The third kappa shape index (κ3) is 4.32. The van der Waals surface area contributed by atoms with E-state index in [-0.39, 0.29) is 11.7 Å². The average molecular weight is 495 g/mol. The predicted molar refractivity (Wildman–Crippen MR) is 129 cm³/mol. The van der Waals surface area contributed by atoms with Gasteiger partial charge in [-0.05, 0) is 42.2 Å². The number of hydrogen-bond acceptors (Lipinski definition) is 3. The third-order valence-electron chi connectivity index (χ3n) is 7.06. The molecule has 5 rings (SSSR count). The van der Waals surface area contributed by atoms with Gasteiger partial charge >= 0.3 is 6.18 Å². The summed E-state index contributed by atoms with van der Waals surface area (Å²) in [5.74, 6) is -0.750. The van der Waals surface area contributed by atoms with Gasteiger partial charge in [-0.3, -0.25) is 9.59 Å². The summed E-state index contributed by atoms with van der Waals surface area (Å²) >= 11 is 0. The first kappa shape index (κ1) is 23.9. The summed E-state index contributed by atoms with van der Waals surface area (Å²) in [4.78, 5) is 29.9. The Hall–Kier alpha value is -3.81. The van der Waals surface area contributed by atoms with Gasteiger partial charge in [0.05, 0.1) is 17.5 Å². The number of halogens is 3. The van der Waals surface area contributed by atoms with Crippen LogP contribution in [0.3, 0.4) is 0 Å². The summed E-state index contributed by atoms with van der Waals surface area (Å²) in [6.07, 6.45) is -3.68. The number of alkyl halides is 3. The second-order valence-electron chi connectivity index (χ2n) is 9.14. The number of amides is 2. The second-order valence-corrected chi connectivity index (χ2v) is 9.14. The minimum atomic E-state index is -4.57. The van der Waals surface area contributed by atoms with Gasteiger partial charge in [0, 0.05) is 18.8 Å². The molecule has 1 saturated heterocycles. The lowest BCUT2D eigenvalue weighted by molar-refractivity contribution is -0.141. The van der Waals surface area contributed by atoms with Crippen molar-refractivity contribution in [3.63, 3.8) is 0 Å². The second kappa shape index (κ2) is 9.33. The van der Waals surface area contributed by atoms with Crippen molar-refractivity contribution in [1.82, 2.24) is 4.90 Å². The van der Waals surface area contributed by atoms with Crippen molar-refractivity contribution < 1.29 is 27.5 Å². The Morgan fingerprint density at radius 2 is 1.53 bits per heavy atom. The van der Waals surface area contributed by atoms with E-state index in [2.05, 4.69) is 0 Å². The van der Waals surface area contributed by atoms with E-state index in [4.69, 9.17) is 4.74 Å². The van der Waals surface area contributed by atoms with Gasteiger partial charge < -0.3 is 14.5 Å². The fourth-order valence-electron chi connectivity index (χ4n) is 5.20. The molecular formula is C28H25F3N2O3.